The van der Waals surface area contributed by atoms with E-state index >= 15 is 0 Å². The lowest BCUT2D eigenvalue weighted by Gasteiger charge is -2.12. The van der Waals surface area contributed by atoms with E-state index < -0.39 is 11.8 Å². The summed E-state index contributed by atoms with van der Waals surface area (Å²) in [6.07, 6.45) is 0. The van der Waals surface area contributed by atoms with Crippen LogP contribution in [0, 0.1) is 0 Å². The Hall–Kier alpha value is -2.37. The molecule has 6 heteroatoms. The third-order valence-electron chi connectivity index (χ3n) is 2.39. The van der Waals surface area contributed by atoms with Crippen LogP contribution in [-0.2, 0) is 0 Å². The number of rotatable bonds is 1. The van der Waals surface area contributed by atoms with E-state index in [-0.39, 0.29) is 11.6 Å². The van der Waals surface area contributed by atoms with Gasteiger partial charge in [-0.05, 0) is 18.2 Å². The molecule has 88 valence electrons. The molecule has 0 aliphatic carbocycles. The first-order valence-corrected chi connectivity index (χ1v) is 4.97. The van der Waals surface area contributed by atoms with Crippen molar-refractivity contribution in [2.45, 2.75) is 0 Å². The van der Waals surface area contributed by atoms with E-state index in [1.165, 1.54) is 17.0 Å². The summed E-state index contributed by atoms with van der Waals surface area (Å²) >= 11 is 0. The van der Waals surface area contributed by atoms with Gasteiger partial charge in [-0.2, -0.15) is 0 Å². The Morgan fingerprint density at radius 3 is 2.47 bits per heavy atom. The zero-order chi connectivity index (χ0) is 12.6. The molecule has 0 saturated carbocycles. The predicted octanol–water partition coefficient (Wildman–Crippen LogP) is 0.664. The number of benzene rings is 1. The fourth-order valence-corrected chi connectivity index (χ4v) is 1.48. The standard InChI is InChI=1S/C11H11N3O3/c1-14(2)11(17)12-6-3-4-7-8(5-6)10(16)13-9(7)15/h3-5H,1-2H3,(H,12,17)(H,13,15,16). The summed E-state index contributed by atoms with van der Waals surface area (Å²) in [5.74, 6) is -0.846. The van der Waals surface area contributed by atoms with Crippen LogP contribution in [0.15, 0.2) is 18.2 Å². The van der Waals surface area contributed by atoms with E-state index in [1.54, 1.807) is 20.2 Å². The minimum Gasteiger partial charge on any atom is -0.331 e. The summed E-state index contributed by atoms with van der Waals surface area (Å²) in [4.78, 5) is 35.5. The zero-order valence-electron chi connectivity index (χ0n) is 9.40. The highest BCUT2D eigenvalue weighted by Gasteiger charge is 2.26. The average molecular weight is 233 g/mol. The normalized spacial score (nSPS) is 13.1. The lowest BCUT2D eigenvalue weighted by molar-refractivity contribution is 0.0879. The van der Waals surface area contributed by atoms with Crippen LogP contribution in [0.25, 0.3) is 0 Å². The first-order valence-electron chi connectivity index (χ1n) is 4.97. The molecule has 0 bridgehead atoms. The maximum absolute atomic E-state index is 11.4. The minimum atomic E-state index is -0.439. The highest BCUT2D eigenvalue weighted by atomic mass is 16.2. The van der Waals surface area contributed by atoms with Crippen molar-refractivity contribution in [2.24, 2.45) is 0 Å². The molecule has 17 heavy (non-hydrogen) atoms. The van der Waals surface area contributed by atoms with Crippen LogP contribution in [0.5, 0.6) is 0 Å². The lowest BCUT2D eigenvalue weighted by atomic mass is 10.1. The van der Waals surface area contributed by atoms with Crippen molar-refractivity contribution in [1.29, 1.82) is 0 Å². The summed E-state index contributed by atoms with van der Waals surface area (Å²) in [7, 11) is 3.22. The fourth-order valence-electron chi connectivity index (χ4n) is 1.48. The molecule has 0 unspecified atom stereocenters. The summed E-state index contributed by atoms with van der Waals surface area (Å²) < 4.78 is 0. The maximum atomic E-state index is 11.4. The molecule has 6 nitrogen and oxygen atoms in total. The number of amides is 4. The average Bonchev–Trinajstić information content (AvgIpc) is 2.54. The Kier molecular flexibility index (Phi) is 2.55. The van der Waals surface area contributed by atoms with Crippen LogP contribution in [0.4, 0.5) is 10.5 Å². The summed E-state index contributed by atoms with van der Waals surface area (Å²) in [5, 5.41) is 4.79. The minimum absolute atomic E-state index is 0.284. The molecule has 1 aliphatic rings. The van der Waals surface area contributed by atoms with E-state index in [0.29, 0.717) is 11.3 Å². The molecule has 1 aromatic rings. The van der Waals surface area contributed by atoms with Crippen LogP contribution in [0.2, 0.25) is 0 Å². The van der Waals surface area contributed by atoms with Gasteiger partial charge in [-0.25, -0.2) is 4.79 Å². The Balaban J connectivity index is 2.29. The predicted molar refractivity (Wildman–Crippen MR) is 60.9 cm³/mol. The monoisotopic (exact) mass is 233 g/mol. The van der Waals surface area contributed by atoms with E-state index in [4.69, 9.17) is 0 Å². The van der Waals surface area contributed by atoms with Gasteiger partial charge in [0, 0.05) is 19.8 Å². The second-order valence-electron chi connectivity index (χ2n) is 3.87. The molecule has 1 aliphatic heterocycles. The maximum Gasteiger partial charge on any atom is 0.321 e. The molecule has 0 fully saturated rings. The molecule has 1 aromatic carbocycles. The molecule has 0 spiro atoms. The number of carbonyl (C=O) groups excluding carboxylic acids is 3. The molecule has 2 rings (SSSR count). The quantitative estimate of drug-likeness (QED) is 0.699. The fraction of sp³-hybridized carbons (Fsp3) is 0.182. The number of nitrogens with zero attached hydrogens (tertiary/aromatic N) is 1. The number of nitrogens with one attached hydrogen (secondary N) is 2. The summed E-state index contributed by atoms with van der Waals surface area (Å²) in [6.45, 7) is 0. The van der Waals surface area contributed by atoms with Gasteiger partial charge in [-0.3, -0.25) is 14.9 Å². The Morgan fingerprint density at radius 2 is 1.82 bits per heavy atom. The molecular weight excluding hydrogens is 222 g/mol. The van der Waals surface area contributed by atoms with Gasteiger partial charge in [0.1, 0.15) is 0 Å². The Labute approximate surface area is 97.6 Å². The smallest absolute Gasteiger partial charge is 0.321 e. The SMILES string of the molecule is CN(C)C(=O)Nc1ccc2c(c1)C(=O)NC2=O. The van der Waals surface area contributed by atoms with Crippen LogP contribution >= 0.6 is 0 Å². The van der Waals surface area contributed by atoms with Crippen molar-refractivity contribution >= 4 is 23.5 Å². The molecule has 4 amide bonds. The van der Waals surface area contributed by atoms with Crippen molar-refractivity contribution in [3.05, 3.63) is 29.3 Å². The van der Waals surface area contributed by atoms with Gasteiger partial charge in [0.25, 0.3) is 11.8 Å². The van der Waals surface area contributed by atoms with E-state index in [9.17, 15) is 14.4 Å². The van der Waals surface area contributed by atoms with Crippen molar-refractivity contribution < 1.29 is 14.4 Å². The van der Waals surface area contributed by atoms with Gasteiger partial charge in [0.15, 0.2) is 0 Å². The number of fused-ring (bicyclic) bond motifs is 1. The molecule has 2 N–H and O–H groups in total. The van der Waals surface area contributed by atoms with Crippen molar-refractivity contribution in [3.8, 4) is 0 Å². The molecular formula is C11H11N3O3. The summed E-state index contributed by atoms with van der Waals surface area (Å²) in [6, 6.07) is 4.28. The number of hydrogen-bond donors (Lipinski definition) is 2. The van der Waals surface area contributed by atoms with Gasteiger partial charge in [-0.1, -0.05) is 0 Å². The molecule has 0 atom stereocenters. The highest BCUT2D eigenvalue weighted by Crippen LogP contribution is 2.20. The number of anilines is 1. The van der Waals surface area contributed by atoms with Crippen molar-refractivity contribution in [3.63, 3.8) is 0 Å². The first-order chi connectivity index (χ1) is 7.99. The van der Waals surface area contributed by atoms with Crippen molar-refractivity contribution in [2.75, 3.05) is 19.4 Å². The molecule has 1 heterocycles. The van der Waals surface area contributed by atoms with Gasteiger partial charge in [0.2, 0.25) is 0 Å². The zero-order valence-corrected chi connectivity index (χ0v) is 9.40. The molecule has 0 saturated heterocycles. The number of carbonyl (C=O) groups is 3. The van der Waals surface area contributed by atoms with Crippen molar-refractivity contribution in [1.82, 2.24) is 10.2 Å². The second-order valence-corrected chi connectivity index (χ2v) is 3.87. The van der Waals surface area contributed by atoms with Gasteiger partial charge in [-0.15, -0.1) is 0 Å². The number of imide groups is 1. The van der Waals surface area contributed by atoms with Crippen LogP contribution < -0.4 is 10.6 Å². The lowest BCUT2D eigenvalue weighted by Crippen LogP contribution is -2.27. The van der Waals surface area contributed by atoms with Crippen LogP contribution in [-0.4, -0.2) is 36.8 Å². The third-order valence-corrected chi connectivity index (χ3v) is 2.39. The van der Waals surface area contributed by atoms with Gasteiger partial charge >= 0.3 is 6.03 Å². The Bertz CT molecular complexity index is 523. The first kappa shape index (κ1) is 11.1. The topological polar surface area (TPSA) is 78.5 Å². The second kappa shape index (κ2) is 3.89. The Morgan fingerprint density at radius 1 is 1.18 bits per heavy atom. The highest BCUT2D eigenvalue weighted by molar-refractivity contribution is 6.21. The van der Waals surface area contributed by atoms with Crippen LogP contribution in [0.1, 0.15) is 20.7 Å². The van der Waals surface area contributed by atoms with E-state index in [1.807, 2.05) is 0 Å². The van der Waals surface area contributed by atoms with Crippen LogP contribution in [0.3, 0.4) is 0 Å². The molecule has 0 radical (unpaired) electrons. The largest absolute Gasteiger partial charge is 0.331 e. The number of urea groups is 1. The summed E-state index contributed by atoms with van der Waals surface area (Å²) in [5.41, 5.74) is 1.09. The molecule has 0 aromatic heterocycles. The number of hydrogen-bond acceptors (Lipinski definition) is 3. The van der Waals surface area contributed by atoms with E-state index in [2.05, 4.69) is 10.6 Å². The van der Waals surface area contributed by atoms with E-state index in [0.717, 1.165) is 0 Å². The van der Waals surface area contributed by atoms with Gasteiger partial charge in [0.05, 0.1) is 11.1 Å². The third kappa shape index (κ3) is 1.96. The van der Waals surface area contributed by atoms with Gasteiger partial charge < -0.3 is 10.2 Å².